The smallest absolute Gasteiger partial charge is 0.143 e. The molecule has 5 heteroatoms. The standard InChI is InChI=1S/C22H25ClO4/c1-4-20(24)18(21(25)5-2)12-15-6-8-16(9-7-15)14-27-22-11-10-17(26-3)13-19(22)23/h6-11,13,18H,4-5,12,14H2,1-3H3. The highest BCUT2D eigenvalue weighted by atomic mass is 35.5. The molecule has 0 aromatic heterocycles. The van der Waals surface area contributed by atoms with E-state index in [-0.39, 0.29) is 11.6 Å². The van der Waals surface area contributed by atoms with Crippen LogP contribution >= 0.6 is 11.6 Å². The van der Waals surface area contributed by atoms with Gasteiger partial charge in [-0.25, -0.2) is 0 Å². The van der Waals surface area contributed by atoms with Crippen LogP contribution in [0.4, 0.5) is 0 Å². The number of Topliss-reactive ketones (excluding diaryl/α,β-unsaturated/α-hetero) is 2. The Labute approximate surface area is 165 Å². The summed E-state index contributed by atoms with van der Waals surface area (Å²) in [6.07, 6.45) is 1.21. The molecule has 0 radical (unpaired) electrons. The molecular formula is C22H25ClO4. The number of methoxy groups -OCH3 is 1. The van der Waals surface area contributed by atoms with Gasteiger partial charge in [0.25, 0.3) is 0 Å². The summed E-state index contributed by atoms with van der Waals surface area (Å²) in [5, 5.41) is 0.491. The van der Waals surface area contributed by atoms with Crippen LogP contribution in [0.15, 0.2) is 42.5 Å². The number of ketones is 2. The average Bonchev–Trinajstić information content (AvgIpc) is 2.70. The molecule has 0 saturated carbocycles. The van der Waals surface area contributed by atoms with Crippen molar-refractivity contribution in [2.75, 3.05) is 7.11 Å². The van der Waals surface area contributed by atoms with E-state index in [0.29, 0.717) is 42.4 Å². The van der Waals surface area contributed by atoms with Gasteiger partial charge in [0.15, 0.2) is 0 Å². The van der Waals surface area contributed by atoms with Crippen LogP contribution in [0.2, 0.25) is 5.02 Å². The third-order valence-corrected chi connectivity index (χ3v) is 4.77. The maximum Gasteiger partial charge on any atom is 0.143 e. The number of rotatable bonds is 10. The van der Waals surface area contributed by atoms with E-state index in [1.165, 1.54) is 0 Å². The molecule has 144 valence electrons. The Morgan fingerprint density at radius 1 is 0.963 bits per heavy atom. The number of hydrogen-bond acceptors (Lipinski definition) is 4. The molecule has 2 aromatic carbocycles. The summed E-state index contributed by atoms with van der Waals surface area (Å²) in [5.74, 6) is 0.727. The minimum absolute atomic E-state index is 0.00316. The Hall–Kier alpha value is -2.33. The van der Waals surface area contributed by atoms with Gasteiger partial charge in [0.05, 0.1) is 18.1 Å². The fourth-order valence-electron chi connectivity index (χ4n) is 2.79. The van der Waals surface area contributed by atoms with Gasteiger partial charge >= 0.3 is 0 Å². The van der Waals surface area contributed by atoms with Crippen molar-refractivity contribution in [2.45, 2.75) is 39.7 Å². The maximum atomic E-state index is 12.1. The molecule has 0 bridgehead atoms. The predicted octanol–water partition coefficient (Wildman–Crippen LogP) is 5.04. The number of carbonyl (C=O) groups excluding carboxylic acids is 2. The summed E-state index contributed by atoms with van der Waals surface area (Å²) in [4.78, 5) is 24.1. The third kappa shape index (κ3) is 5.83. The van der Waals surface area contributed by atoms with E-state index in [2.05, 4.69) is 0 Å². The molecule has 0 amide bonds. The largest absolute Gasteiger partial charge is 0.497 e. The van der Waals surface area contributed by atoms with Crippen LogP contribution in [0.3, 0.4) is 0 Å². The molecular weight excluding hydrogens is 364 g/mol. The molecule has 0 aliphatic heterocycles. The van der Waals surface area contributed by atoms with Crippen molar-refractivity contribution < 1.29 is 19.1 Å². The Bertz CT molecular complexity index is 767. The number of hydrogen-bond donors (Lipinski definition) is 0. The SMILES string of the molecule is CCC(=O)C(Cc1ccc(COc2ccc(OC)cc2Cl)cc1)C(=O)CC. The molecule has 0 saturated heterocycles. The van der Waals surface area contributed by atoms with Crippen LogP contribution in [-0.2, 0) is 22.6 Å². The third-order valence-electron chi connectivity index (χ3n) is 4.47. The molecule has 4 nitrogen and oxygen atoms in total. The fraction of sp³-hybridized carbons (Fsp3) is 0.364. The van der Waals surface area contributed by atoms with E-state index in [4.69, 9.17) is 21.1 Å². The second-order valence-corrected chi connectivity index (χ2v) is 6.71. The van der Waals surface area contributed by atoms with Crippen molar-refractivity contribution in [3.63, 3.8) is 0 Å². The molecule has 0 spiro atoms. The van der Waals surface area contributed by atoms with Crippen molar-refractivity contribution in [1.29, 1.82) is 0 Å². The van der Waals surface area contributed by atoms with Crippen LogP contribution in [-0.4, -0.2) is 18.7 Å². The number of halogens is 1. The van der Waals surface area contributed by atoms with Gasteiger partial charge in [0, 0.05) is 18.9 Å². The van der Waals surface area contributed by atoms with E-state index in [1.54, 1.807) is 39.2 Å². The van der Waals surface area contributed by atoms with Gasteiger partial charge in [-0.1, -0.05) is 49.7 Å². The van der Waals surface area contributed by atoms with Crippen LogP contribution in [0.5, 0.6) is 11.5 Å². The first-order chi connectivity index (χ1) is 13.0. The first-order valence-electron chi connectivity index (χ1n) is 9.08. The highest BCUT2D eigenvalue weighted by Gasteiger charge is 2.23. The lowest BCUT2D eigenvalue weighted by molar-refractivity contribution is -0.132. The number of carbonyl (C=O) groups is 2. The van der Waals surface area contributed by atoms with Crippen molar-refractivity contribution >= 4 is 23.2 Å². The Morgan fingerprint density at radius 3 is 2.07 bits per heavy atom. The molecule has 0 aliphatic rings. The van der Waals surface area contributed by atoms with E-state index >= 15 is 0 Å². The quantitative estimate of drug-likeness (QED) is 0.535. The van der Waals surface area contributed by atoms with E-state index in [1.807, 2.05) is 24.3 Å². The molecule has 2 rings (SSSR count). The summed E-state index contributed by atoms with van der Waals surface area (Å²) in [6.45, 7) is 3.96. The second kappa shape index (κ2) is 10.1. The summed E-state index contributed by atoms with van der Waals surface area (Å²) in [7, 11) is 1.58. The zero-order chi connectivity index (χ0) is 19.8. The highest BCUT2D eigenvalue weighted by molar-refractivity contribution is 6.32. The summed E-state index contributed by atoms with van der Waals surface area (Å²) in [6, 6.07) is 13.0. The van der Waals surface area contributed by atoms with E-state index in [9.17, 15) is 9.59 Å². The van der Waals surface area contributed by atoms with E-state index in [0.717, 1.165) is 11.1 Å². The molecule has 27 heavy (non-hydrogen) atoms. The normalized spacial score (nSPS) is 10.7. The second-order valence-electron chi connectivity index (χ2n) is 6.30. The zero-order valence-corrected chi connectivity index (χ0v) is 16.7. The first-order valence-corrected chi connectivity index (χ1v) is 9.45. The number of benzene rings is 2. The molecule has 0 fully saturated rings. The molecule has 2 aromatic rings. The van der Waals surface area contributed by atoms with Crippen molar-refractivity contribution in [1.82, 2.24) is 0 Å². The minimum Gasteiger partial charge on any atom is -0.497 e. The topological polar surface area (TPSA) is 52.6 Å². The van der Waals surface area contributed by atoms with Crippen LogP contribution < -0.4 is 9.47 Å². The zero-order valence-electron chi connectivity index (χ0n) is 16.0. The van der Waals surface area contributed by atoms with Crippen molar-refractivity contribution in [2.24, 2.45) is 5.92 Å². The Kier molecular flexibility index (Phi) is 7.86. The molecule has 0 aliphatic carbocycles. The lowest BCUT2D eigenvalue weighted by Gasteiger charge is -2.14. The van der Waals surface area contributed by atoms with Crippen LogP contribution in [0.25, 0.3) is 0 Å². The predicted molar refractivity (Wildman–Crippen MR) is 107 cm³/mol. The van der Waals surface area contributed by atoms with Gasteiger partial charge in [0.2, 0.25) is 0 Å². The summed E-state index contributed by atoms with van der Waals surface area (Å²) >= 11 is 6.17. The monoisotopic (exact) mass is 388 g/mol. The Morgan fingerprint density at radius 2 is 1.56 bits per heavy atom. The van der Waals surface area contributed by atoms with Crippen molar-refractivity contribution in [3.8, 4) is 11.5 Å². The average molecular weight is 389 g/mol. The van der Waals surface area contributed by atoms with Crippen LogP contribution in [0.1, 0.15) is 37.8 Å². The van der Waals surface area contributed by atoms with Gasteiger partial charge in [0.1, 0.15) is 29.7 Å². The van der Waals surface area contributed by atoms with E-state index < -0.39 is 5.92 Å². The van der Waals surface area contributed by atoms with Gasteiger partial charge in [-0.15, -0.1) is 0 Å². The summed E-state index contributed by atoms with van der Waals surface area (Å²) in [5.41, 5.74) is 1.95. The molecule has 0 unspecified atom stereocenters. The van der Waals surface area contributed by atoms with Crippen LogP contribution in [0, 0.1) is 5.92 Å². The minimum atomic E-state index is -0.541. The van der Waals surface area contributed by atoms with Crippen molar-refractivity contribution in [3.05, 3.63) is 58.6 Å². The fourth-order valence-corrected chi connectivity index (χ4v) is 3.02. The molecule has 0 heterocycles. The lowest BCUT2D eigenvalue weighted by Crippen LogP contribution is -2.25. The highest BCUT2D eigenvalue weighted by Crippen LogP contribution is 2.29. The van der Waals surface area contributed by atoms with Gasteiger partial charge in [-0.05, 0) is 29.7 Å². The number of ether oxygens (including phenoxy) is 2. The molecule has 0 atom stereocenters. The first kappa shape index (κ1) is 21.0. The van der Waals surface area contributed by atoms with Gasteiger partial charge in [-0.3, -0.25) is 9.59 Å². The van der Waals surface area contributed by atoms with Gasteiger partial charge in [-0.2, -0.15) is 0 Å². The Balaban J connectivity index is 2.00. The maximum absolute atomic E-state index is 12.1. The summed E-state index contributed by atoms with van der Waals surface area (Å²) < 4.78 is 10.9. The lowest BCUT2D eigenvalue weighted by atomic mass is 9.89. The molecule has 0 N–H and O–H groups in total. The van der Waals surface area contributed by atoms with Gasteiger partial charge < -0.3 is 9.47 Å².